The number of ether oxygens (including phenoxy) is 1. The van der Waals surface area contributed by atoms with Gasteiger partial charge in [0.05, 0.1) is 18.9 Å². The second-order valence-electron chi connectivity index (χ2n) is 6.06. The van der Waals surface area contributed by atoms with Gasteiger partial charge < -0.3 is 14.4 Å². The van der Waals surface area contributed by atoms with Crippen molar-refractivity contribution >= 4 is 21.7 Å². The van der Waals surface area contributed by atoms with Gasteiger partial charge in [-0.3, -0.25) is 4.98 Å². The third kappa shape index (κ3) is 3.21. The van der Waals surface area contributed by atoms with E-state index in [4.69, 9.17) is 4.74 Å². The number of aromatic hydroxyl groups is 1. The first-order valence-electron chi connectivity index (χ1n) is 8.43. The maximum absolute atomic E-state index is 10.6. The highest BCUT2D eigenvalue weighted by Gasteiger charge is 2.19. The smallest absolute Gasteiger partial charge is 0.164 e. The Kier molecular flexibility index (Phi) is 4.69. The van der Waals surface area contributed by atoms with Gasteiger partial charge >= 0.3 is 0 Å². The minimum atomic E-state index is 0.247. The van der Waals surface area contributed by atoms with Crippen molar-refractivity contribution in [2.24, 2.45) is 7.05 Å². The van der Waals surface area contributed by atoms with Crippen molar-refractivity contribution in [3.8, 4) is 16.3 Å². The minimum Gasteiger partial charge on any atom is -0.504 e. The highest BCUT2D eigenvalue weighted by molar-refractivity contribution is 7.21. The Balaban J connectivity index is 1.49. The van der Waals surface area contributed by atoms with Gasteiger partial charge in [0.2, 0.25) is 0 Å². The molecule has 0 saturated carbocycles. The first-order valence-corrected chi connectivity index (χ1v) is 9.25. The average Bonchev–Trinajstić information content (AvgIpc) is 3.22. The normalized spacial score (nSPS) is 11.3. The second-order valence-corrected chi connectivity index (χ2v) is 7.03. The summed E-state index contributed by atoms with van der Waals surface area (Å²) in [5.74, 6) is 0.247. The molecular formula is C20H19N3O2S. The van der Waals surface area contributed by atoms with Gasteiger partial charge in [-0.2, -0.15) is 0 Å². The molecule has 26 heavy (non-hydrogen) atoms. The maximum Gasteiger partial charge on any atom is 0.164 e. The zero-order chi connectivity index (χ0) is 17.9. The number of nitrogens with zero attached hydrogens (tertiary/aromatic N) is 3. The van der Waals surface area contributed by atoms with E-state index in [-0.39, 0.29) is 5.75 Å². The number of rotatable bonds is 6. The molecular weight excluding hydrogens is 346 g/mol. The topological polar surface area (TPSA) is 60.2 Å². The Morgan fingerprint density at radius 1 is 1.15 bits per heavy atom. The monoisotopic (exact) mass is 365 g/mol. The molecule has 1 aromatic carbocycles. The van der Waals surface area contributed by atoms with Gasteiger partial charge in [-0.1, -0.05) is 41.7 Å². The summed E-state index contributed by atoms with van der Waals surface area (Å²) >= 11 is 1.56. The highest BCUT2D eigenvalue weighted by Crippen LogP contribution is 2.38. The summed E-state index contributed by atoms with van der Waals surface area (Å²) < 4.78 is 7.76. The molecule has 0 spiro atoms. The van der Waals surface area contributed by atoms with E-state index in [1.165, 1.54) is 0 Å². The molecule has 0 aliphatic rings. The van der Waals surface area contributed by atoms with Crippen molar-refractivity contribution in [2.75, 3.05) is 6.61 Å². The van der Waals surface area contributed by atoms with Crippen LogP contribution in [0, 0.1) is 0 Å². The Labute approximate surface area is 155 Å². The van der Waals surface area contributed by atoms with Gasteiger partial charge in [0.15, 0.2) is 5.75 Å². The molecule has 0 saturated heterocycles. The highest BCUT2D eigenvalue weighted by atomic mass is 32.1. The maximum atomic E-state index is 10.6. The SMILES string of the molecule is Cn1c(CCOCc2ccccc2)c(O)c2nc(-c3cccnc3)sc21. The molecule has 0 unspecified atom stereocenters. The van der Waals surface area contributed by atoms with E-state index in [0.29, 0.717) is 25.2 Å². The van der Waals surface area contributed by atoms with Crippen LogP contribution in [0.4, 0.5) is 0 Å². The van der Waals surface area contributed by atoms with Gasteiger partial charge in [-0.25, -0.2) is 4.98 Å². The zero-order valence-corrected chi connectivity index (χ0v) is 15.2. The first-order chi connectivity index (χ1) is 12.7. The van der Waals surface area contributed by atoms with Crippen molar-refractivity contribution in [1.82, 2.24) is 14.5 Å². The summed E-state index contributed by atoms with van der Waals surface area (Å²) in [6.45, 7) is 1.12. The summed E-state index contributed by atoms with van der Waals surface area (Å²) in [4.78, 5) is 9.70. The lowest BCUT2D eigenvalue weighted by molar-refractivity contribution is 0.122. The quantitative estimate of drug-likeness (QED) is 0.521. The molecule has 0 radical (unpaired) electrons. The lowest BCUT2D eigenvalue weighted by Gasteiger charge is -2.06. The van der Waals surface area contributed by atoms with Crippen LogP contribution in [0.5, 0.6) is 5.75 Å². The van der Waals surface area contributed by atoms with Gasteiger partial charge in [0, 0.05) is 31.4 Å². The molecule has 132 valence electrons. The Morgan fingerprint density at radius 2 is 2.00 bits per heavy atom. The molecule has 4 rings (SSSR count). The molecule has 0 fully saturated rings. The first kappa shape index (κ1) is 16.8. The lowest BCUT2D eigenvalue weighted by atomic mass is 10.2. The van der Waals surface area contributed by atoms with E-state index in [1.807, 2.05) is 54.1 Å². The number of aromatic nitrogens is 3. The van der Waals surface area contributed by atoms with Crippen LogP contribution in [-0.2, 0) is 24.8 Å². The summed E-state index contributed by atoms with van der Waals surface area (Å²) in [6.07, 6.45) is 4.16. The van der Waals surface area contributed by atoms with E-state index in [0.717, 1.165) is 26.7 Å². The predicted molar refractivity (Wildman–Crippen MR) is 103 cm³/mol. The van der Waals surface area contributed by atoms with Crippen molar-refractivity contribution < 1.29 is 9.84 Å². The standard InChI is InChI=1S/C20H19N3O2S/c1-23-16(9-11-25-13-14-6-3-2-4-7-14)18(24)17-20(23)26-19(22-17)15-8-5-10-21-12-15/h2-8,10,12,24H,9,11,13H2,1H3. The molecule has 0 bridgehead atoms. The molecule has 0 aliphatic carbocycles. The van der Waals surface area contributed by atoms with Crippen LogP contribution < -0.4 is 0 Å². The van der Waals surface area contributed by atoms with E-state index in [1.54, 1.807) is 23.7 Å². The van der Waals surface area contributed by atoms with Crippen molar-refractivity contribution in [3.05, 3.63) is 66.1 Å². The minimum absolute atomic E-state index is 0.247. The van der Waals surface area contributed by atoms with Crippen LogP contribution >= 0.6 is 11.3 Å². The molecule has 4 aromatic rings. The van der Waals surface area contributed by atoms with Crippen molar-refractivity contribution in [2.45, 2.75) is 13.0 Å². The van der Waals surface area contributed by atoms with Crippen LogP contribution in [0.2, 0.25) is 0 Å². The van der Waals surface area contributed by atoms with Gasteiger partial charge in [0.25, 0.3) is 0 Å². The number of hydrogen-bond donors (Lipinski definition) is 1. The predicted octanol–water partition coefficient (Wildman–Crippen LogP) is 4.16. The number of hydrogen-bond acceptors (Lipinski definition) is 5. The van der Waals surface area contributed by atoms with Gasteiger partial charge in [-0.05, 0) is 17.7 Å². The molecule has 1 N–H and O–H groups in total. The fourth-order valence-electron chi connectivity index (χ4n) is 2.94. The van der Waals surface area contributed by atoms with E-state index in [2.05, 4.69) is 9.97 Å². The summed E-state index contributed by atoms with van der Waals surface area (Å²) in [5, 5.41) is 11.5. The fourth-order valence-corrected chi connectivity index (χ4v) is 3.99. The molecule has 3 aromatic heterocycles. The van der Waals surface area contributed by atoms with Crippen molar-refractivity contribution in [1.29, 1.82) is 0 Å². The summed E-state index contributed by atoms with van der Waals surface area (Å²) in [5.41, 5.74) is 3.60. The Morgan fingerprint density at radius 3 is 2.73 bits per heavy atom. The Bertz CT molecular complexity index is 972. The summed E-state index contributed by atoms with van der Waals surface area (Å²) in [6, 6.07) is 13.9. The average molecular weight is 365 g/mol. The molecule has 0 aliphatic heterocycles. The largest absolute Gasteiger partial charge is 0.504 e. The van der Waals surface area contributed by atoms with Crippen LogP contribution in [-0.4, -0.2) is 26.2 Å². The van der Waals surface area contributed by atoms with Crippen LogP contribution in [0.1, 0.15) is 11.3 Å². The van der Waals surface area contributed by atoms with E-state index >= 15 is 0 Å². The van der Waals surface area contributed by atoms with Gasteiger partial charge in [-0.15, -0.1) is 0 Å². The zero-order valence-electron chi connectivity index (χ0n) is 14.4. The number of aryl methyl sites for hydroxylation is 1. The van der Waals surface area contributed by atoms with Crippen LogP contribution in [0.3, 0.4) is 0 Å². The number of benzene rings is 1. The number of fused-ring (bicyclic) bond motifs is 1. The molecule has 0 amide bonds. The molecule has 6 heteroatoms. The third-order valence-electron chi connectivity index (χ3n) is 4.32. The molecule has 3 heterocycles. The summed E-state index contributed by atoms with van der Waals surface area (Å²) in [7, 11) is 1.96. The number of thiazole rings is 1. The number of pyridine rings is 1. The molecule has 0 atom stereocenters. The Hall–Kier alpha value is -2.70. The van der Waals surface area contributed by atoms with Crippen LogP contribution in [0.25, 0.3) is 20.9 Å². The second kappa shape index (κ2) is 7.27. The van der Waals surface area contributed by atoms with E-state index < -0.39 is 0 Å². The van der Waals surface area contributed by atoms with Crippen LogP contribution in [0.15, 0.2) is 54.9 Å². The molecule has 5 nitrogen and oxygen atoms in total. The fraction of sp³-hybridized carbons (Fsp3) is 0.200. The van der Waals surface area contributed by atoms with E-state index in [9.17, 15) is 5.11 Å². The lowest BCUT2D eigenvalue weighted by Crippen LogP contribution is -2.03. The van der Waals surface area contributed by atoms with Crippen molar-refractivity contribution in [3.63, 3.8) is 0 Å². The van der Waals surface area contributed by atoms with Gasteiger partial charge in [0.1, 0.15) is 15.4 Å². The third-order valence-corrected chi connectivity index (χ3v) is 5.50.